The highest BCUT2D eigenvalue weighted by Gasteiger charge is 2.13. The molecular formula is C17H26IN3O3. The van der Waals surface area contributed by atoms with E-state index in [2.05, 4.69) is 10.3 Å². The summed E-state index contributed by atoms with van der Waals surface area (Å²) in [4.78, 5) is 4.41. The molecule has 0 aliphatic carbocycles. The number of anilines is 1. The van der Waals surface area contributed by atoms with Crippen LogP contribution in [0.5, 0.6) is 11.5 Å². The molecule has 2 heterocycles. The van der Waals surface area contributed by atoms with Crippen LogP contribution in [0, 0.1) is 5.92 Å². The van der Waals surface area contributed by atoms with E-state index in [1.54, 1.807) is 0 Å². The topological polar surface area (TPSA) is 78.1 Å². The molecule has 134 valence electrons. The summed E-state index contributed by atoms with van der Waals surface area (Å²) in [5, 5.41) is 3.12. The average molecular weight is 447 g/mol. The van der Waals surface area contributed by atoms with Crippen LogP contribution in [0.1, 0.15) is 25.7 Å². The molecule has 2 aliphatic rings. The van der Waals surface area contributed by atoms with Crippen LogP contribution in [0.15, 0.2) is 23.2 Å². The van der Waals surface area contributed by atoms with Crippen LogP contribution < -0.4 is 20.5 Å². The summed E-state index contributed by atoms with van der Waals surface area (Å²) >= 11 is 0. The molecule has 3 N–H and O–H groups in total. The number of hydrogen-bond donors (Lipinski definition) is 2. The zero-order valence-corrected chi connectivity index (χ0v) is 16.2. The fourth-order valence-electron chi connectivity index (χ4n) is 2.83. The van der Waals surface area contributed by atoms with E-state index < -0.39 is 0 Å². The standard InChI is InChI=1S/C17H25N3O3.HI/c18-17(19-7-4-13-5-10-21-11-6-13)20-14-2-3-15-16(12-14)23-9-1-8-22-15;/h2-3,12-13H,1,4-11H2,(H3,18,19,20);1H. The van der Waals surface area contributed by atoms with Crippen LogP contribution >= 0.6 is 24.0 Å². The SMILES string of the molecule is I.NC(=NCCC1CCOCC1)Nc1ccc2c(c1)OCCCO2. The smallest absolute Gasteiger partial charge is 0.193 e. The van der Waals surface area contributed by atoms with Crippen molar-refractivity contribution in [1.29, 1.82) is 0 Å². The predicted octanol–water partition coefficient (Wildman–Crippen LogP) is 3.01. The van der Waals surface area contributed by atoms with Gasteiger partial charge in [-0.2, -0.15) is 0 Å². The first-order valence-electron chi connectivity index (χ1n) is 8.35. The second-order valence-electron chi connectivity index (χ2n) is 5.95. The summed E-state index contributed by atoms with van der Waals surface area (Å²) in [6.45, 7) is 3.85. The van der Waals surface area contributed by atoms with Gasteiger partial charge in [0, 0.05) is 37.9 Å². The highest BCUT2D eigenvalue weighted by Crippen LogP contribution is 2.32. The quantitative estimate of drug-likeness (QED) is 0.422. The Labute approximate surface area is 160 Å². The fraction of sp³-hybridized carbons (Fsp3) is 0.588. The van der Waals surface area contributed by atoms with Gasteiger partial charge in [-0.25, -0.2) is 0 Å². The van der Waals surface area contributed by atoms with Crippen molar-refractivity contribution in [1.82, 2.24) is 0 Å². The van der Waals surface area contributed by atoms with Crippen LogP contribution in [0.25, 0.3) is 0 Å². The molecular weight excluding hydrogens is 421 g/mol. The number of halogens is 1. The van der Waals surface area contributed by atoms with Crippen LogP contribution in [0.4, 0.5) is 5.69 Å². The van der Waals surface area contributed by atoms with Crippen LogP contribution in [0.3, 0.4) is 0 Å². The third-order valence-corrected chi connectivity index (χ3v) is 4.18. The molecule has 0 aromatic heterocycles. The van der Waals surface area contributed by atoms with Crippen molar-refractivity contribution in [2.45, 2.75) is 25.7 Å². The average Bonchev–Trinajstić information content (AvgIpc) is 2.81. The maximum Gasteiger partial charge on any atom is 0.193 e. The number of rotatable bonds is 4. The molecule has 0 radical (unpaired) electrons. The lowest BCUT2D eigenvalue weighted by molar-refractivity contribution is 0.0647. The van der Waals surface area contributed by atoms with Gasteiger partial charge in [-0.05, 0) is 37.3 Å². The number of nitrogens with zero attached hydrogens (tertiary/aromatic N) is 1. The maximum atomic E-state index is 5.97. The molecule has 0 bridgehead atoms. The van der Waals surface area contributed by atoms with Gasteiger partial charge in [-0.15, -0.1) is 24.0 Å². The first-order valence-corrected chi connectivity index (χ1v) is 8.35. The van der Waals surface area contributed by atoms with Gasteiger partial charge in [0.1, 0.15) is 0 Å². The number of hydrogen-bond acceptors (Lipinski definition) is 4. The van der Waals surface area contributed by atoms with Crippen molar-refractivity contribution >= 4 is 35.6 Å². The van der Waals surface area contributed by atoms with Crippen molar-refractivity contribution in [2.75, 3.05) is 38.3 Å². The number of nitrogens with one attached hydrogen (secondary N) is 1. The molecule has 1 aromatic rings. The lowest BCUT2D eigenvalue weighted by Crippen LogP contribution is -2.23. The number of nitrogens with two attached hydrogens (primary N) is 1. The molecule has 0 saturated carbocycles. The minimum atomic E-state index is 0. The van der Waals surface area contributed by atoms with Crippen LogP contribution in [-0.2, 0) is 4.74 Å². The Bertz CT molecular complexity index is 548. The molecule has 6 nitrogen and oxygen atoms in total. The van der Waals surface area contributed by atoms with Gasteiger partial charge >= 0.3 is 0 Å². The van der Waals surface area contributed by atoms with Gasteiger partial charge in [-0.3, -0.25) is 4.99 Å². The summed E-state index contributed by atoms with van der Waals surface area (Å²) in [5.41, 5.74) is 6.83. The Kier molecular flexibility index (Phi) is 7.90. The lowest BCUT2D eigenvalue weighted by Gasteiger charge is -2.21. The van der Waals surface area contributed by atoms with Gasteiger partial charge in [0.25, 0.3) is 0 Å². The molecule has 24 heavy (non-hydrogen) atoms. The number of fused-ring (bicyclic) bond motifs is 1. The molecule has 1 aromatic carbocycles. The van der Waals surface area contributed by atoms with E-state index in [0.29, 0.717) is 25.1 Å². The van der Waals surface area contributed by atoms with E-state index >= 15 is 0 Å². The number of benzene rings is 1. The van der Waals surface area contributed by atoms with Crippen molar-refractivity contribution in [3.63, 3.8) is 0 Å². The van der Waals surface area contributed by atoms with Crippen molar-refractivity contribution < 1.29 is 14.2 Å². The summed E-state index contributed by atoms with van der Waals surface area (Å²) in [6, 6.07) is 5.73. The van der Waals surface area contributed by atoms with Gasteiger partial charge in [0.05, 0.1) is 13.2 Å². The largest absolute Gasteiger partial charge is 0.490 e. The van der Waals surface area contributed by atoms with E-state index in [1.165, 1.54) is 0 Å². The third kappa shape index (κ3) is 5.70. The van der Waals surface area contributed by atoms with E-state index in [0.717, 1.165) is 62.6 Å². The van der Waals surface area contributed by atoms with Crippen molar-refractivity contribution in [3.05, 3.63) is 18.2 Å². The first kappa shape index (κ1) is 19.1. The van der Waals surface area contributed by atoms with Crippen molar-refractivity contribution in [2.24, 2.45) is 16.6 Å². The third-order valence-electron chi connectivity index (χ3n) is 4.18. The van der Waals surface area contributed by atoms with E-state index in [-0.39, 0.29) is 24.0 Å². The fourth-order valence-corrected chi connectivity index (χ4v) is 2.83. The van der Waals surface area contributed by atoms with Crippen molar-refractivity contribution in [3.8, 4) is 11.5 Å². The molecule has 1 saturated heterocycles. The maximum absolute atomic E-state index is 5.97. The normalized spacial score (nSPS) is 18.4. The highest BCUT2D eigenvalue weighted by molar-refractivity contribution is 14.0. The summed E-state index contributed by atoms with van der Waals surface area (Å²) in [5.74, 6) is 2.68. The molecule has 0 unspecified atom stereocenters. The number of ether oxygens (including phenoxy) is 3. The molecule has 1 fully saturated rings. The molecule has 0 atom stereocenters. The predicted molar refractivity (Wildman–Crippen MR) is 106 cm³/mol. The second kappa shape index (κ2) is 9.93. The Hall–Kier alpha value is -1.22. The van der Waals surface area contributed by atoms with Crippen LogP contribution in [0.2, 0.25) is 0 Å². The Morgan fingerprint density at radius 1 is 1.12 bits per heavy atom. The molecule has 0 amide bonds. The highest BCUT2D eigenvalue weighted by atomic mass is 127. The lowest BCUT2D eigenvalue weighted by atomic mass is 9.97. The Balaban J connectivity index is 0.00000208. The summed E-state index contributed by atoms with van der Waals surface area (Å²) in [6.07, 6.45) is 4.22. The Morgan fingerprint density at radius 2 is 1.88 bits per heavy atom. The van der Waals surface area contributed by atoms with E-state index in [4.69, 9.17) is 19.9 Å². The molecule has 0 spiro atoms. The van der Waals surface area contributed by atoms with Crippen LogP contribution in [-0.4, -0.2) is 38.9 Å². The molecule has 2 aliphatic heterocycles. The van der Waals surface area contributed by atoms with E-state index in [9.17, 15) is 0 Å². The van der Waals surface area contributed by atoms with Gasteiger partial charge in [0.2, 0.25) is 0 Å². The summed E-state index contributed by atoms with van der Waals surface area (Å²) < 4.78 is 16.7. The van der Waals surface area contributed by atoms with E-state index in [1.807, 2.05) is 18.2 Å². The first-order chi connectivity index (χ1) is 11.3. The minimum absolute atomic E-state index is 0. The van der Waals surface area contributed by atoms with Gasteiger partial charge < -0.3 is 25.3 Å². The molecule has 7 heteroatoms. The Morgan fingerprint density at radius 3 is 2.67 bits per heavy atom. The van der Waals surface area contributed by atoms with Gasteiger partial charge in [-0.1, -0.05) is 0 Å². The second-order valence-corrected chi connectivity index (χ2v) is 5.95. The molecule has 3 rings (SSSR count). The minimum Gasteiger partial charge on any atom is -0.490 e. The zero-order chi connectivity index (χ0) is 15.9. The zero-order valence-electron chi connectivity index (χ0n) is 13.8. The summed E-state index contributed by atoms with van der Waals surface area (Å²) in [7, 11) is 0. The number of aliphatic imine (C=N–C) groups is 1. The number of guanidine groups is 1. The van der Waals surface area contributed by atoms with Gasteiger partial charge in [0.15, 0.2) is 17.5 Å². The monoisotopic (exact) mass is 447 g/mol.